The molecule has 0 nitrogen and oxygen atoms in total. The van der Waals surface area contributed by atoms with E-state index in [0.717, 1.165) is 18.2 Å². The second-order valence-corrected chi connectivity index (χ2v) is 2.57. The lowest BCUT2D eigenvalue weighted by molar-refractivity contribution is 0.501. The summed E-state index contributed by atoms with van der Waals surface area (Å²) in [5.74, 6) is 0. The number of unbranched alkanes of at least 4 members (excludes halogenated alkanes) is 1. The second-order valence-electron chi connectivity index (χ2n) is 1.78. The zero-order valence-electron chi connectivity index (χ0n) is 5.45. The average Bonchev–Trinajstić information content (AvgIpc) is 1.89. The first-order valence-corrected chi connectivity index (χ1v) is 4.31. The van der Waals surface area contributed by atoms with Crippen molar-refractivity contribution in [3.8, 4) is 0 Å². The molecule has 2 heteroatoms. The fraction of sp³-hybridized carbons (Fsp3) is 0.714. The quantitative estimate of drug-likeness (QED) is 0.359. The van der Waals surface area contributed by atoms with Crippen molar-refractivity contribution < 1.29 is 4.39 Å². The number of hydrogen-bond acceptors (Lipinski definition) is 0. The number of halogens is 2. The summed E-state index contributed by atoms with van der Waals surface area (Å²) >= 11 is 3.31. The van der Waals surface area contributed by atoms with Crippen LogP contribution in [-0.4, -0.2) is 12.0 Å². The summed E-state index contributed by atoms with van der Waals surface area (Å²) in [5, 5.41) is 1.03. The summed E-state index contributed by atoms with van der Waals surface area (Å²) in [5.41, 5.74) is 0. The number of allylic oxidation sites excluding steroid dienone is 2. The summed E-state index contributed by atoms with van der Waals surface area (Å²) in [6, 6.07) is 0. The molecule has 0 unspecified atom stereocenters. The van der Waals surface area contributed by atoms with Gasteiger partial charge < -0.3 is 0 Å². The van der Waals surface area contributed by atoms with Crippen LogP contribution in [0.5, 0.6) is 0 Å². The van der Waals surface area contributed by atoms with Crippen LogP contribution < -0.4 is 0 Å². The van der Waals surface area contributed by atoms with Gasteiger partial charge in [-0.2, -0.15) is 0 Å². The Morgan fingerprint density at radius 2 is 1.89 bits per heavy atom. The van der Waals surface area contributed by atoms with Crippen molar-refractivity contribution in [3.63, 3.8) is 0 Å². The molecule has 0 N–H and O–H groups in total. The molecule has 0 saturated heterocycles. The molecule has 0 rings (SSSR count). The van der Waals surface area contributed by atoms with E-state index in [4.69, 9.17) is 0 Å². The van der Waals surface area contributed by atoms with Gasteiger partial charge in [-0.15, -0.1) is 0 Å². The molecule has 0 amide bonds. The predicted molar refractivity (Wildman–Crippen MR) is 42.8 cm³/mol. The van der Waals surface area contributed by atoms with E-state index in [2.05, 4.69) is 15.9 Å². The van der Waals surface area contributed by atoms with Crippen LogP contribution in [0.3, 0.4) is 0 Å². The van der Waals surface area contributed by atoms with Gasteiger partial charge in [-0.3, -0.25) is 4.39 Å². The largest absolute Gasteiger partial charge is 0.251 e. The molecule has 0 bridgehead atoms. The lowest BCUT2D eigenvalue weighted by Crippen LogP contribution is -1.71. The van der Waals surface area contributed by atoms with Gasteiger partial charge in [0.05, 0.1) is 6.67 Å². The van der Waals surface area contributed by atoms with Gasteiger partial charge in [-0.05, 0) is 19.3 Å². The van der Waals surface area contributed by atoms with Gasteiger partial charge in [0.15, 0.2) is 0 Å². The van der Waals surface area contributed by atoms with Crippen LogP contribution in [0, 0.1) is 0 Å². The minimum Gasteiger partial charge on any atom is -0.251 e. The summed E-state index contributed by atoms with van der Waals surface area (Å²) in [7, 11) is 0. The normalized spacial score (nSPS) is 10.9. The molecule has 0 aliphatic heterocycles. The fourth-order valence-corrected chi connectivity index (χ4v) is 0.817. The Kier molecular flexibility index (Phi) is 8.29. The lowest BCUT2D eigenvalue weighted by Gasteiger charge is -1.85. The van der Waals surface area contributed by atoms with Crippen molar-refractivity contribution in [1.29, 1.82) is 0 Å². The molecular weight excluding hydrogens is 183 g/mol. The van der Waals surface area contributed by atoms with Crippen LogP contribution in [0.1, 0.15) is 19.3 Å². The molecule has 0 spiro atoms. The van der Waals surface area contributed by atoms with E-state index in [-0.39, 0.29) is 6.67 Å². The molecule has 0 saturated carbocycles. The smallest absolute Gasteiger partial charge is 0.0928 e. The van der Waals surface area contributed by atoms with Crippen LogP contribution in [0.25, 0.3) is 0 Å². The third-order valence-corrected chi connectivity index (χ3v) is 1.51. The Morgan fingerprint density at radius 1 is 1.22 bits per heavy atom. The average molecular weight is 195 g/mol. The van der Waals surface area contributed by atoms with Crippen LogP contribution in [-0.2, 0) is 0 Å². The van der Waals surface area contributed by atoms with Crippen LogP contribution >= 0.6 is 15.9 Å². The summed E-state index contributed by atoms with van der Waals surface area (Å²) in [6.45, 7) is -0.231. The predicted octanol–water partition coefficient (Wildman–Crippen LogP) is 3.08. The van der Waals surface area contributed by atoms with E-state index in [9.17, 15) is 4.39 Å². The monoisotopic (exact) mass is 194 g/mol. The first kappa shape index (κ1) is 9.15. The third-order valence-electron chi connectivity index (χ3n) is 0.947. The van der Waals surface area contributed by atoms with E-state index >= 15 is 0 Å². The standard InChI is InChI=1S/C7H12BrF/c8-6-4-2-1-3-5-7-9/h1,3H,2,4-7H2/b3-1+. The van der Waals surface area contributed by atoms with E-state index in [0.29, 0.717) is 6.42 Å². The Labute approximate surface area is 64.3 Å². The van der Waals surface area contributed by atoms with E-state index < -0.39 is 0 Å². The van der Waals surface area contributed by atoms with Gasteiger partial charge in [0, 0.05) is 5.33 Å². The van der Waals surface area contributed by atoms with Gasteiger partial charge in [0.1, 0.15) is 0 Å². The van der Waals surface area contributed by atoms with Gasteiger partial charge in [0.25, 0.3) is 0 Å². The zero-order valence-corrected chi connectivity index (χ0v) is 7.03. The van der Waals surface area contributed by atoms with Crippen molar-refractivity contribution in [2.45, 2.75) is 19.3 Å². The highest BCUT2D eigenvalue weighted by atomic mass is 79.9. The fourth-order valence-electron chi connectivity index (χ4n) is 0.494. The first-order valence-electron chi connectivity index (χ1n) is 3.18. The Bertz CT molecular complexity index is 71.3. The van der Waals surface area contributed by atoms with Crippen molar-refractivity contribution in [2.75, 3.05) is 12.0 Å². The van der Waals surface area contributed by atoms with Crippen molar-refractivity contribution >= 4 is 15.9 Å². The zero-order chi connectivity index (χ0) is 6.95. The molecule has 54 valence electrons. The highest BCUT2D eigenvalue weighted by Gasteiger charge is 1.78. The molecular formula is C7H12BrF. The summed E-state index contributed by atoms with van der Waals surface area (Å²) in [4.78, 5) is 0. The highest BCUT2D eigenvalue weighted by Crippen LogP contribution is 1.95. The van der Waals surface area contributed by atoms with Crippen molar-refractivity contribution in [2.24, 2.45) is 0 Å². The highest BCUT2D eigenvalue weighted by molar-refractivity contribution is 9.09. The third kappa shape index (κ3) is 8.15. The van der Waals surface area contributed by atoms with Crippen molar-refractivity contribution in [3.05, 3.63) is 12.2 Å². The molecule has 0 atom stereocenters. The minimum absolute atomic E-state index is 0.231. The summed E-state index contributed by atoms with van der Waals surface area (Å²) < 4.78 is 11.4. The van der Waals surface area contributed by atoms with Gasteiger partial charge >= 0.3 is 0 Å². The number of alkyl halides is 2. The maximum Gasteiger partial charge on any atom is 0.0928 e. The molecule has 0 aromatic heterocycles. The Balaban J connectivity index is 2.86. The molecule has 0 aliphatic rings. The Hall–Kier alpha value is 0.150. The molecule has 0 heterocycles. The number of hydrogen-bond donors (Lipinski definition) is 0. The van der Waals surface area contributed by atoms with Gasteiger partial charge in [0.2, 0.25) is 0 Å². The molecule has 0 aromatic carbocycles. The van der Waals surface area contributed by atoms with E-state index in [1.54, 1.807) is 0 Å². The first-order chi connectivity index (χ1) is 4.41. The second kappa shape index (κ2) is 8.15. The Morgan fingerprint density at radius 3 is 2.44 bits per heavy atom. The molecule has 0 aromatic rings. The van der Waals surface area contributed by atoms with E-state index in [1.165, 1.54) is 0 Å². The van der Waals surface area contributed by atoms with Gasteiger partial charge in [-0.25, -0.2) is 0 Å². The molecule has 9 heavy (non-hydrogen) atoms. The van der Waals surface area contributed by atoms with Crippen LogP contribution in [0.4, 0.5) is 4.39 Å². The van der Waals surface area contributed by atoms with Crippen LogP contribution in [0.15, 0.2) is 12.2 Å². The maximum atomic E-state index is 11.4. The molecule has 0 fully saturated rings. The SMILES string of the molecule is FCC/C=C/CCCBr. The molecule has 0 aliphatic carbocycles. The number of rotatable bonds is 5. The summed E-state index contributed by atoms with van der Waals surface area (Å²) in [6.07, 6.45) is 6.69. The van der Waals surface area contributed by atoms with E-state index in [1.807, 2.05) is 12.2 Å². The van der Waals surface area contributed by atoms with Crippen molar-refractivity contribution in [1.82, 2.24) is 0 Å². The lowest BCUT2D eigenvalue weighted by atomic mass is 10.3. The topological polar surface area (TPSA) is 0 Å². The minimum atomic E-state index is -0.231. The maximum absolute atomic E-state index is 11.4. The van der Waals surface area contributed by atoms with Crippen LogP contribution in [0.2, 0.25) is 0 Å². The molecule has 0 radical (unpaired) electrons. The van der Waals surface area contributed by atoms with Gasteiger partial charge in [-0.1, -0.05) is 28.1 Å².